The molecule has 1 amide bonds. The molecule has 1 aromatic carbocycles. The van der Waals surface area contributed by atoms with Crippen LogP contribution >= 0.6 is 0 Å². The van der Waals surface area contributed by atoms with Gasteiger partial charge in [0.2, 0.25) is 0 Å². The standard InChI is InChI=1S/C20H22N6O/c1-16-2-4-18(5-3-16)26-15-19(22-23-26)20(27)25-12-10-24(11-13-25)14-17-6-8-21-9-7-17/h2-9,15H,10-14H2,1H3. The van der Waals surface area contributed by atoms with E-state index < -0.39 is 0 Å². The first-order chi connectivity index (χ1) is 13.2. The van der Waals surface area contributed by atoms with Crippen LogP contribution in [-0.2, 0) is 6.54 Å². The number of carbonyl (C=O) groups is 1. The molecule has 1 aliphatic rings. The monoisotopic (exact) mass is 362 g/mol. The lowest BCUT2D eigenvalue weighted by Crippen LogP contribution is -2.48. The lowest BCUT2D eigenvalue weighted by Gasteiger charge is -2.34. The zero-order valence-corrected chi connectivity index (χ0v) is 15.3. The second-order valence-electron chi connectivity index (χ2n) is 6.81. The number of carbonyl (C=O) groups excluding carboxylic acids is 1. The molecule has 3 aromatic rings. The molecule has 0 saturated carbocycles. The molecule has 7 heteroatoms. The van der Waals surface area contributed by atoms with Gasteiger partial charge in [0.1, 0.15) is 0 Å². The Morgan fingerprint density at radius 1 is 1.00 bits per heavy atom. The molecule has 0 spiro atoms. The van der Waals surface area contributed by atoms with Gasteiger partial charge >= 0.3 is 0 Å². The van der Waals surface area contributed by atoms with Crippen molar-refractivity contribution in [2.45, 2.75) is 13.5 Å². The third kappa shape index (κ3) is 4.03. The number of amides is 1. The summed E-state index contributed by atoms with van der Waals surface area (Å²) < 4.78 is 1.65. The van der Waals surface area contributed by atoms with E-state index in [0.717, 1.165) is 25.3 Å². The zero-order valence-electron chi connectivity index (χ0n) is 15.3. The minimum atomic E-state index is -0.0584. The lowest BCUT2D eigenvalue weighted by atomic mass is 10.2. The highest BCUT2D eigenvalue weighted by atomic mass is 16.2. The van der Waals surface area contributed by atoms with E-state index in [1.54, 1.807) is 10.9 Å². The summed E-state index contributed by atoms with van der Waals surface area (Å²) in [5, 5.41) is 8.18. The van der Waals surface area contributed by atoms with Gasteiger partial charge in [-0.3, -0.25) is 14.7 Å². The number of hydrogen-bond donors (Lipinski definition) is 0. The molecule has 1 aliphatic heterocycles. The number of hydrogen-bond acceptors (Lipinski definition) is 5. The third-order valence-corrected chi connectivity index (χ3v) is 4.83. The molecule has 0 aliphatic carbocycles. The average Bonchev–Trinajstić information content (AvgIpc) is 3.20. The van der Waals surface area contributed by atoms with Crippen molar-refractivity contribution in [2.75, 3.05) is 26.2 Å². The zero-order chi connectivity index (χ0) is 18.6. The van der Waals surface area contributed by atoms with Crippen molar-refractivity contribution >= 4 is 5.91 Å². The highest BCUT2D eigenvalue weighted by Crippen LogP contribution is 2.12. The SMILES string of the molecule is Cc1ccc(-n2cc(C(=O)N3CCN(Cc4ccncc4)CC3)nn2)cc1. The van der Waals surface area contributed by atoms with Crippen molar-refractivity contribution in [2.24, 2.45) is 0 Å². The van der Waals surface area contributed by atoms with Crippen molar-refractivity contribution in [1.29, 1.82) is 0 Å². The Bertz CT molecular complexity index is 898. The van der Waals surface area contributed by atoms with Crippen LogP contribution in [-0.4, -0.2) is 61.9 Å². The number of aromatic nitrogens is 4. The Hall–Kier alpha value is -3.06. The topological polar surface area (TPSA) is 67.2 Å². The maximum Gasteiger partial charge on any atom is 0.276 e. The van der Waals surface area contributed by atoms with Crippen LogP contribution in [0.3, 0.4) is 0 Å². The van der Waals surface area contributed by atoms with Gasteiger partial charge in [0, 0.05) is 45.1 Å². The highest BCUT2D eigenvalue weighted by molar-refractivity contribution is 5.92. The molecule has 4 rings (SSSR count). The summed E-state index contributed by atoms with van der Waals surface area (Å²) in [6.45, 7) is 6.01. The number of rotatable bonds is 4. The highest BCUT2D eigenvalue weighted by Gasteiger charge is 2.24. The molecule has 1 saturated heterocycles. The van der Waals surface area contributed by atoms with E-state index in [1.807, 2.05) is 60.6 Å². The van der Waals surface area contributed by atoms with Crippen molar-refractivity contribution < 1.29 is 4.79 Å². The van der Waals surface area contributed by atoms with Gasteiger partial charge in [-0.05, 0) is 36.8 Å². The molecule has 0 bridgehead atoms. The predicted octanol–water partition coefficient (Wildman–Crippen LogP) is 1.93. The first kappa shape index (κ1) is 17.4. The van der Waals surface area contributed by atoms with Crippen LogP contribution in [0.5, 0.6) is 0 Å². The Morgan fingerprint density at radius 3 is 2.41 bits per heavy atom. The smallest absolute Gasteiger partial charge is 0.276 e. The summed E-state index contributed by atoms with van der Waals surface area (Å²) in [6, 6.07) is 12.0. The van der Waals surface area contributed by atoms with Crippen LogP contribution < -0.4 is 0 Å². The Labute approximate surface area is 158 Å². The van der Waals surface area contributed by atoms with Crippen LogP contribution in [0.2, 0.25) is 0 Å². The van der Waals surface area contributed by atoms with Crippen molar-refractivity contribution in [3.63, 3.8) is 0 Å². The number of benzene rings is 1. The van der Waals surface area contributed by atoms with Crippen molar-refractivity contribution in [3.8, 4) is 5.69 Å². The summed E-state index contributed by atoms with van der Waals surface area (Å²) in [5.41, 5.74) is 3.71. The minimum Gasteiger partial charge on any atom is -0.335 e. The Balaban J connectivity index is 1.36. The van der Waals surface area contributed by atoms with E-state index in [4.69, 9.17) is 0 Å². The summed E-state index contributed by atoms with van der Waals surface area (Å²) in [4.78, 5) is 21.0. The van der Waals surface area contributed by atoms with E-state index >= 15 is 0 Å². The minimum absolute atomic E-state index is 0.0584. The van der Waals surface area contributed by atoms with E-state index in [0.29, 0.717) is 18.8 Å². The van der Waals surface area contributed by atoms with E-state index in [-0.39, 0.29) is 5.91 Å². The van der Waals surface area contributed by atoms with Crippen LogP contribution in [0, 0.1) is 6.92 Å². The van der Waals surface area contributed by atoms with Gasteiger partial charge in [-0.2, -0.15) is 0 Å². The molecular weight excluding hydrogens is 340 g/mol. The van der Waals surface area contributed by atoms with Gasteiger partial charge in [0.05, 0.1) is 11.9 Å². The first-order valence-electron chi connectivity index (χ1n) is 9.09. The molecule has 0 radical (unpaired) electrons. The molecule has 7 nitrogen and oxygen atoms in total. The van der Waals surface area contributed by atoms with Crippen LogP contribution in [0.1, 0.15) is 21.6 Å². The van der Waals surface area contributed by atoms with Crippen molar-refractivity contribution in [3.05, 3.63) is 71.8 Å². The maximum atomic E-state index is 12.7. The number of pyridine rings is 1. The van der Waals surface area contributed by atoms with Gasteiger partial charge in [0.15, 0.2) is 5.69 Å². The van der Waals surface area contributed by atoms with Gasteiger partial charge in [-0.1, -0.05) is 22.9 Å². The fourth-order valence-corrected chi connectivity index (χ4v) is 3.20. The number of piperazine rings is 1. The molecular formula is C20H22N6O. The fraction of sp³-hybridized carbons (Fsp3) is 0.300. The van der Waals surface area contributed by atoms with E-state index in [9.17, 15) is 4.79 Å². The Kier molecular flexibility index (Phi) is 4.93. The molecule has 0 atom stereocenters. The summed E-state index contributed by atoms with van der Waals surface area (Å²) in [7, 11) is 0. The molecule has 27 heavy (non-hydrogen) atoms. The Morgan fingerprint density at radius 2 is 1.70 bits per heavy atom. The van der Waals surface area contributed by atoms with Crippen LogP contribution in [0.25, 0.3) is 5.69 Å². The average molecular weight is 362 g/mol. The second kappa shape index (κ2) is 7.67. The first-order valence-corrected chi connectivity index (χ1v) is 9.09. The van der Waals surface area contributed by atoms with E-state index in [1.165, 1.54) is 11.1 Å². The summed E-state index contributed by atoms with van der Waals surface area (Å²) in [6.07, 6.45) is 5.33. The molecule has 0 unspecified atom stereocenters. The largest absolute Gasteiger partial charge is 0.335 e. The van der Waals surface area contributed by atoms with Gasteiger partial charge in [-0.15, -0.1) is 5.10 Å². The van der Waals surface area contributed by atoms with Gasteiger partial charge in [-0.25, -0.2) is 4.68 Å². The number of nitrogens with zero attached hydrogens (tertiary/aromatic N) is 6. The fourth-order valence-electron chi connectivity index (χ4n) is 3.20. The van der Waals surface area contributed by atoms with Gasteiger partial charge in [0.25, 0.3) is 5.91 Å². The summed E-state index contributed by atoms with van der Waals surface area (Å²) in [5.74, 6) is -0.0584. The molecule has 2 aromatic heterocycles. The predicted molar refractivity (Wildman–Crippen MR) is 102 cm³/mol. The third-order valence-electron chi connectivity index (χ3n) is 4.83. The number of aryl methyl sites for hydroxylation is 1. The van der Waals surface area contributed by atoms with E-state index in [2.05, 4.69) is 20.2 Å². The molecule has 0 N–H and O–H groups in total. The summed E-state index contributed by atoms with van der Waals surface area (Å²) >= 11 is 0. The van der Waals surface area contributed by atoms with Gasteiger partial charge < -0.3 is 4.90 Å². The van der Waals surface area contributed by atoms with Crippen LogP contribution in [0.15, 0.2) is 55.0 Å². The van der Waals surface area contributed by atoms with Crippen LogP contribution in [0.4, 0.5) is 0 Å². The molecule has 3 heterocycles. The lowest BCUT2D eigenvalue weighted by molar-refractivity contribution is 0.0622. The quantitative estimate of drug-likeness (QED) is 0.709. The molecule has 138 valence electrons. The maximum absolute atomic E-state index is 12.7. The van der Waals surface area contributed by atoms with Crippen molar-refractivity contribution in [1.82, 2.24) is 29.8 Å². The second-order valence-corrected chi connectivity index (χ2v) is 6.81. The molecule has 1 fully saturated rings. The normalized spacial score (nSPS) is 15.1.